The van der Waals surface area contributed by atoms with Gasteiger partial charge in [0.25, 0.3) is 0 Å². The molecule has 0 aromatic heterocycles. The topological polar surface area (TPSA) is 86.5 Å². The Morgan fingerprint density at radius 2 is 1.90 bits per heavy atom. The third-order valence-corrected chi connectivity index (χ3v) is 6.60. The van der Waals surface area contributed by atoms with Crippen molar-refractivity contribution >= 4 is 16.0 Å². The first-order valence-electron chi connectivity index (χ1n) is 7.78. The largest absolute Gasteiger partial charge is 0.461 e. The Hall–Kier alpha value is -0.620. The van der Waals surface area contributed by atoms with Crippen LogP contribution in [-0.4, -0.2) is 26.2 Å². The van der Waals surface area contributed by atoms with Crippen LogP contribution >= 0.6 is 0 Å². The molecule has 5 nitrogen and oxygen atoms in total. The van der Waals surface area contributed by atoms with E-state index >= 15 is 0 Å². The number of hydrogen-bond donors (Lipinski definition) is 1. The van der Waals surface area contributed by atoms with Gasteiger partial charge in [0.15, 0.2) is 0 Å². The molecule has 2 aliphatic rings. The average Bonchev–Trinajstić information content (AvgIpc) is 2.64. The molecule has 122 valence electrons. The highest BCUT2D eigenvalue weighted by atomic mass is 32.2. The Morgan fingerprint density at radius 1 is 1.33 bits per heavy atom. The van der Waals surface area contributed by atoms with Gasteiger partial charge < -0.3 is 4.74 Å². The smallest absolute Gasteiger partial charge is 0.306 e. The van der Waals surface area contributed by atoms with Crippen LogP contribution in [0, 0.1) is 16.7 Å². The van der Waals surface area contributed by atoms with Crippen molar-refractivity contribution < 1.29 is 17.9 Å². The van der Waals surface area contributed by atoms with E-state index in [1.165, 1.54) is 0 Å². The number of esters is 1. The molecule has 0 aromatic carbocycles. The lowest BCUT2D eigenvalue weighted by atomic mass is 9.61. The maximum absolute atomic E-state index is 11.7. The van der Waals surface area contributed by atoms with Crippen molar-refractivity contribution in [3.8, 4) is 0 Å². The van der Waals surface area contributed by atoms with Crippen LogP contribution in [0.25, 0.3) is 0 Å². The second-order valence-electron chi connectivity index (χ2n) is 7.46. The lowest BCUT2D eigenvalue weighted by Gasteiger charge is -2.44. The van der Waals surface area contributed by atoms with Gasteiger partial charge in [-0.25, -0.2) is 13.6 Å². The van der Waals surface area contributed by atoms with Crippen molar-refractivity contribution in [1.29, 1.82) is 0 Å². The molecule has 0 amide bonds. The van der Waals surface area contributed by atoms with Crippen LogP contribution in [0.4, 0.5) is 0 Å². The summed E-state index contributed by atoms with van der Waals surface area (Å²) in [6.45, 7) is 6.78. The number of sulfonamides is 1. The van der Waals surface area contributed by atoms with Crippen LogP contribution in [0.15, 0.2) is 0 Å². The zero-order valence-corrected chi connectivity index (χ0v) is 14.0. The average molecular weight is 317 g/mol. The van der Waals surface area contributed by atoms with Crippen molar-refractivity contribution in [2.24, 2.45) is 21.9 Å². The number of nitrogens with two attached hydrogens (primary N) is 1. The van der Waals surface area contributed by atoms with Gasteiger partial charge >= 0.3 is 5.97 Å². The molecule has 6 heteroatoms. The number of rotatable bonds is 4. The molecule has 2 rings (SSSR count). The molecule has 21 heavy (non-hydrogen) atoms. The monoisotopic (exact) mass is 317 g/mol. The molecule has 1 saturated carbocycles. The number of hydrogen-bond acceptors (Lipinski definition) is 4. The minimum absolute atomic E-state index is 0.249. The van der Waals surface area contributed by atoms with E-state index in [1.54, 1.807) is 0 Å². The van der Waals surface area contributed by atoms with Crippen molar-refractivity contribution in [2.75, 3.05) is 5.75 Å². The van der Waals surface area contributed by atoms with Crippen LogP contribution in [-0.2, 0) is 19.6 Å². The fraction of sp³-hybridized carbons (Fsp3) is 0.933. The number of primary sulfonamides is 1. The van der Waals surface area contributed by atoms with E-state index in [9.17, 15) is 13.2 Å². The summed E-state index contributed by atoms with van der Waals surface area (Å²) in [6.07, 6.45) is 4.66. The Bertz CT molecular complexity index is 504. The summed E-state index contributed by atoms with van der Waals surface area (Å²) in [7, 11) is -3.63. The molecule has 1 aliphatic carbocycles. The third-order valence-electron chi connectivity index (χ3n) is 5.83. The molecule has 1 spiro atoms. The van der Waals surface area contributed by atoms with Gasteiger partial charge in [0.1, 0.15) is 11.9 Å². The van der Waals surface area contributed by atoms with Crippen molar-refractivity contribution in [1.82, 2.24) is 0 Å². The summed E-state index contributed by atoms with van der Waals surface area (Å²) in [5.74, 6) is 0.0939. The zero-order chi connectivity index (χ0) is 15.9. The number of carbonyl (C=O) groups excluding carboxylic acids is 1. The Labute approximate surface area is 127 Å². The molecule has 1 atom stereocenters. The third kappa shape index (κ3) is 3.59. The predicted molar refractivity (Wildman–Crippen MR) is 80.9 cm³/mol. The maximum Gasteiger partial charge on any atom is 0.306 e. The van der Waals surface area contributed by atoms with Crippen molar-refractivity contribution in [3.05, 3.63) is 0 Å². The molecule has 0 bridgehead atoms. The van der Waals surface area contributed by atoms with E-state index < -0.39 is 16.1 Å². The highest BCUT2D eigenvalue weighted by Gasteiger charge is 2.52. The van der Waals surface area contributed by atoms with Crippen molar-refractivity contribution in [3.63, 3.8) is 0 Å². The van der Waals surface area contributed by atoms with Gasteiger partial charge in [-0.2, -0.15) is 0 Å². The Balaban J connectivity index is 2.11. The van der Waals surface area contributed by atoms with Gasteiger partial charge in [-0.3, -0.25) is 4.79 Å². The van der Waals surface area contributed by atoms with Crippen LogP contribution < -0.4 is 5.14 Å². The number of carbonyl (C=O) groups is 1. The first-order chi connectivity index (χ1) is 9.58. The molecule has 1 aliphatic heterocycles. The van der Waals surface area contributed by atoms with E-state index in [4.69, 9.17) is 9.88 Å². The van der Waals surface area contributed by atoms with Crippen LogP contribution in [0.2, 0.25) is 0 Å². The Kier molecular flexibility index (Phi) is 4.42. The maximum atomic E-state index is 11.7. The van der Waals surface area contributed by atoms with E-state index in [0.717, 1.165) is 32.1 Å². The van der Waals surface area contributed by atoms with Gasteiger partial charge in [0.2, 0.25) is 10.0 Å². The highest BCUT2D eigenvalue weighted by Crippen LogP contribution is 2.53. The highest BCUT2D eigenvalue weighted by molar-refractivity contribution is 7.89. The van der Waals surface area contributed by atoms with Crippen molar-refractivity contribution in [2.45, 2.75) is 65.4 Å². The van der Waals surface area contributed by atoms with Crippen LogP contribution in [0.5, 0.6) is 0 Å². The summed E-state index contributed by atoms with van der Waals surface area (Å²) >= 11 is 0. The van der Waals surface area contributed by atoms with Gasteiger partial charge in [-0.15, -0.1) is 0 Å². The number of ether oxygens (including phenoxy) is 1. The minimum atomic E-state index is -3.63. The molecule has 2 N–H and O–H groups in total. The normalized spacial score (nSPS) is 34.2. The van der Waals surface area contributed by atoms with Gasteiger partial charge in [0.05, 0.1) is 6.42 Å². The molecule has 1 unspecified atom stereocenters. The number of cyclic esters (lactones) is 1. The summed E-state index contributed by atoms with van der Waals surface area (Å²) < 4.78 is 28.0. The lowest BCUT2D eigenvalue weighted by molar-refractivity contribution is -0.141. The fourth-order valence-electron chi connectivity index (χ4n) is 3.91. The molecule has 2 fully saturated rings. The fourth-order valence-corrected chi connectivity index (χ4v) is 4.75. The molecular weight excluding hydrogens is 290 g/mol. The first kappa shape index (κ1) is 16.7. The molecule has 0 radical (unpaired) electrons. The predicted octanol–water partition coefficient (Wildman–Crippen LogP) is 2.20. The van der Waals surface area contributed by atoms with Gasteiger partial charge in [-0.1, -0.05) is 27.2 Å². The summed E-state index contributed by atoms with van der Waals surface area (Å²) in [5, 5.41) is 5.15. The van der Waals surface area contributed by atoms with Crippen LogP contribution in [0.3, 0.4) is 0 Å². The molecule has 1 saturated heterocycles. The zero-order valence-electron chi connectivity index (χ0n) is 13.2. The van der Waals surface area contributed by atoms with E-state index in [1.807, 2.05) is 0 Å². The molecule has 0 aromatic rings. The van der Waals surface area contributed by atoms with Gasteiger partial charge in [0, 0.05) is 5.41 Å². The molecular formula is C15H27NO4S. The van der Waals surface area contributed by atoms with E-state index in [-0.39, 0.29) is 17.1 Å². The van der Waals surface area contributed by atoms with Gasteiger partial charge in [-0.05, 0) is 37.0 Å². The Morgan fingerprint density at radius 3 is 2.38 bits per heavy atom. The summed E-state index contributed by atoms with van der Waals surface area (Å²) in [6, 6.07) is 0. The first-order valence-corrected chi connectivity index (χ1v) is 9.49. The van der Waals surface area contributed by atoms with Crippen LogP contribution in [0.1, 0.15) is 59.3 Å². The lowest BCUT2D eigenvalue weighted by Crippen LogP contribution is -2.42. The quantitative estimate of drug-likeness (QED) is 0.805. The SMILES string of the molecule is CCC(C)(C)C1CCC2(CC1)CC(=O)OC2CS(N)(=O)=O. The van der Waals surface area contributed by atoms with E-state index in [2.05, 4.69) is 20.8 Å². The molecule has 1 heterocycles. The second-order valence-corrected chi connectivity index (χ2v) is 9.12. The van der Waals surface area contributed by atoms with E-state index in [0.29, 0.717) is 17.8 Å². The summed E-state index contributed by atoms with van der Waals surface area (Å²) in [5.41, 5.74) is -0.0234. The standard InChI is InChI=1S/C15H27NO4S/c1-4-14(2,3)11-5-7-15(8-6-11)9-13(17)20-12(15)10-21(16,18)19/h11-12H,4-10H2,1-3H3,(H2,16,18,19). The second kappa shape index (κ2) is 5.54. The minimum Gasteiger partial charge on any atom is -0.461 e. The summed E-state index contributed by atoms with van der Waals surface area (Å²) in [4.78, 5) is 11.7.